The smallest absolute Gasteiger partial charge is 0.321 e. The van der Waals surface area contributed by atoms with E-state index >= 15 is 0 Å². The maximum atomic E-state index is 11.9. The third-order valence-electron chi connectivity index (χ3n) is 3.66. The number of aryl methyl sites for hydroxylation is 1. The highest BCUT2D eigenvalue weighted by Gasteiger charge is 2.16. The predicted molar refractivity (Wildman–Crippen MR) is 76.8 cm³/mol. The largest absolute Gasteiger partial charge is 0.335 e. The summed E-state index contributed by atoms with van der Waals surface area (Å²) in [5, 5.41) is 9.91. The third kappa shape index (κ3) is 2.89. The SMILES string of the molecule is Cc1ccn2nc(NC(=O)NC3CCCCC3)nc2c1. The fourth-order valence-electron chi connectivity index (χ4n) is 2.61. The van der Waals surface area contributed by atoms with Crippen LogP contribution in [0.1, 0.15) is 37.7 Å². The molecule has 0 aromatic carbocycles. The highest BCUT2D eigenvalue weighted by molar-refractivity contribution is 5.87. The Bertz CT molecular complexity index is 615. The van der Waals surface area contributed by atoms with Gasteiger partial charge in [0.1, 0.15) is 0 Å². The van der Waals surface area contributed by atoms with Crippen LogP contribution < -0.4 is 10.6 Å². The molecule has 1 fully saturated rings. The fraction of sp³-hybridized carbons (Fsp3) is 0.500. The van der Waals surface area contributed by atoms with E-state index in [1.54, 1.807) is 4.52 Å². The molecule has 0 unspecified atom stereocenters. The van der Waals surface area contributed by atoms with Crippen LogP contribution in [0, 0.1) is 6.92 Å². The van der Waals surface area contributed by atoms with E-state index in [0.29, 0.717) is 5.95 Å². The first-order chi connectivity index (χ1) is 9.70. The van der Waals surface area contributed by atoms with Gasteiger partial charge in [-0.25, -0.2) is 9.31 Å². The average Bonchev–Trinajstić information content (AvgIpc) is 2.80. The van der Waals surface area contributed by atoms with E-state index in [4.69, 9.17) is 0 Å². The number of urea groups is 1. The van der Waals surface area contributed by atoms with Gasteiger partial charge in [0, 0.05) is 12.2 Å². The van der Waals surface area contributed by atoms with E-state index in [-0.39, 0.29) is 12.1 Å². The Morgan fingerprint density at radius 1 is 1.35 bits per heavy atom. The van der Waals surface area contributed by atoms with Crippen LogP contribution in [0.15, 0.2) is 18.3 Å². The van der Waals surface area contributed by atoms with Gasteiger partial charge in [0.25, 0.3) is 5.95 Å². The lowest BCUT2D eigenvalue weighted by atomic mass is 9.96. The van der Waals surface area contributed by atoms with Crippen LogP contribution in [-0.2, 0) is 0 Å². The van der Waals surface area contributed by atoms with Gasteiger partial charge in [0.15, 0.2) is 5.65 Å². The molecule has 2 amide bonds. The van der Waals surface area contributed by atoms with E-state index in [0.717, 1.165) is 24.1 Å². The molecule has 0 bridgehead atoms. The van der Waals surface area contributed by atoms with Gasteiger partial charge in [-0.05, 0) is 37.5 Å². The van der Waals surface area contributed by atoms with Gasteiger partial charge in [-0.2, -0.15) is 4.98 Å². The second-order valence-electron chi connectivity index (χ2n) is 5.38. The number of aromatic nitrogens is 3. The summed E-state index contributed by atoms with van der Waals surface area (Å²) in [6, 6.07) is 3.94. The van der Waals surface area contributed by atoms with Crippen LogP contribution in [0.4, 0.5) is 10.7 Å². The maximum absolute atomic E-state index is 11.9. The van der Waals surface area contributed by atoms with Crippen molar-refractivity contribution >= 4 is 17.6 Å². The van der Waals surface area contributed by atoms with E-state index in [1.165, 1.54) is 19.3 Å². The number of carbonyl (C=O) groups excluding carboxylic acids is 1. The molecule has 106 valence electrons. The van der Waals surface area contributed by atoms with Gasteiger partial charge in [0.2, 0.25) is 0 Å². The maximum Gasteiger partial charge on any atom is 0.321 e. The number of nitrogens with one attached hydrogen (secondary N) is 2. The van der Waals surface area contributed by atoms with E-state index in [2.05, 4.69) is 20.7 Å². The van der Waals surface area contributed by atoms with Crippen molar-refractivity contribution in [3.63, 3.8) is 0 Å². The minimum absolute atomic E-state index is 0.218. The number of hydrogen-bond acceptors (Lipinski definition) is 3. The second-order valence-corrected chi connectivity index (χ2v) is 5.38. The molecule has 0 atom stereocenters. The summed E-state index contributed by atoms with van der Waals surface area (Å²) in [4.78, 5) is 16.2. The summed E-state index contributed by atoms with van der Waals surface area (Å²) in [6.07, 6.45) is 7.61. The first-order valence-corrected chi connectivity index (χ1v) is 7.11. The van der Waals surface area contributed by atoms with Crippen molar-refractivity contribution in [2.45, 2.75) is 45.1 Å². The lowest BCUT2D eigenvalue weighted by Gasteiger charge is -2.22. The van der Waals surface area contributed by atoms with E-state index in [9.17, 15) is 4.79 Å². The molecule has 6 heteroatoms. The Kier molecular flexibility index (Phi) is 3.54. The molecule has 2 aromatic rings. The van der Waals surface area contributed by atoms with Crippen molar-refractivity contribution < 1.29 is 4.79 Å². The van der Waals surface area contributed by atoms with Crippen molar-refractivity contribution in [2.24, 2.45) is 0 Å². The molecule has 0 radical (unpaired) electrons. The van der Waals surface area contributed by atoms with Crippen LogP contribution in [0.5, 0.6) is 0 Å². The highest BCUT2D eigenvalue weighted by Crippen LogP contribution is 2.17. The van der Waals surface area contributed by atoms with Crippen LogP contribution in [0.2, 0.25) is 0 Å². The molecule has 0 aliphatic heterocycles. The molecule has 3 rings (SSSR count). The van der Waals surface area contributed by atoms with Gasteiger partial charge in [0.05, 0.1) is 0 Å². The normalized spacial score (nSPS) is 16.2. The van der Waals surface area contributed by atoms with Gasteiger partial charge in [-0.3, -0.25) is 5.32 Å². The molecular formula is C14H19N5O. The molecular weight excluding hydrogens is 254 g/mol. The molecule has 1 aliphatic rings. The highest BCUT2D eigenvalue weighted by atomic mass is 16.2. The number of hydrogen-bond donors (Lipinski definition) is 2. The molecule has 0 spiro atoms. The monoisotopic (exact) mass is 273 g/mol. The molecule has 2 N–H and O–H groups in total. The van der Waals surface area contributed by atoms with E-state index < -0.39 is 0 Å². The van der Waals surface area contributed by atoms with E-state index in [1.807, 2.05) is 25.3 Å². The van der Waals surface area contributed by atoms with Gasteiger partial charge in [-0.15, -0.1) is 5.10 Å². The molecule has 2 heterocycles. The summed E-state index contributed by atoms with van der Waals surface area (Å²) < 4.78 is 1.66. The zero-order chi connectivity index (χ0) is 13.9. The van der Waals surface area contributed by atoms with Crippen LogP contribution >= 0.6 is 0 Å². The Morgan fingerprint density at radius 2 is 2.15 bits per heavy atom. The minimum Gasteiger partial charge on any atom is -0.335 e. The summed E-state index contributed by atoms with van der Waals surface area (Å²) in [7, 11) is 0. The van der Waals surface area contributed by atoms with Crippen LogP contribution in [-0.4, -0.2) is 26.7 Å². The Morgan fingerprint density at radius 3 is 2.95 bits per heavy atom. The van der Waals surface area contributed by atoms with Gasteiger partial charge < -0.3 is 5.32 Å². The molecule has 6 nitrogen and oxygen atoms in total. The molecule has 2 aromatic heterocycles. The summed E-state index contributed by atoms with van der Waals surface area (Å²) >= 11 is 0. The van der Waals surface area contributed by atoms with Crippen molar-refractivity contribution in [3.8, 4) is 0 Å². The van der Waals surface area contributed by atoms with Crippen molar-refractivity contribution in [2.75, 3.05) is 5.32 Å². The molecule has 20 heavy (non-hydrogen) atoms. The fourth-order valence-corrected chi connectivity index (χ4v) is 2.61. The number of pyridine rings is 1. The molecule has 0 saturated heterocycles. The minimum atomic E-state index is -0.218. The zero-order valence-electron chi connectivity index (χ0n) is 11.6. The third-order valence-corrected chi connectivity index (χ3v) is 3.66. The topological polar surface area (TPSA) is 71.3 Å². The second kappa shape index (κ2) is 5.48. The number of amides is 2. The quantitative estimate of drug-likeness (QED) is 0.883. The average molecular weight is 273 g/mol. The Labute approximate surface area is 117 Å². The number of nitrogens with zero attached hydrogens (tertiary/aromatic N) is 3. The number of rotatable bonds is 2. The first kappa shape index (κ1) is 12.9. The number of anilines is 1. The lowest BCUT2D eigenvalue weighted by Crippen LogP contribution is -2.39. The Hall–Kier alpha value is -2.11. The molecule has 1 aliphatic carbocycles. The summed E-state index contributed by atoms with van der Waals surface area (Å²) in [5.41, 5.74) is 1.85. The van der Waals surface area contributed by atoms with Gasteiger partial charge in [-0.1, -0.05) is 19.3 Å². The lowest BCUT2D eigenvalue weighted by molar-refractivity contribution is 0.244. The van der Waals surface area contributed by atoms with Crippen LogP contribution in [0.3, 0.4) is 0 Å². The van der Waals surface area contributed by atoms with Crippen molar-refractivity contribution in [1.82, 2.24) is 19.9 Å². The summed E-state index contributed by atoms with van der Waals surface area (Å²) in [6.45, 7) is 2.00. The number of carbonyl (C=O) groups is 1. The summed E-state index contributed by atoms with van der Waals surface area (Å²) in [5.74, 6) is 0.337. The van der Waals surface area contributed by atoms with Gasteiger partial charge >= 0.3 is 6.03 Å². The predicted octanol–water partition coefficient (Wildman–Crippen LogP) is 2.49. The van der Waals surface area contributed by atoms with Crippen molar-refractivity contribution in [1.29, 1.82) is 0 Å². The van der Waals surface area contributed by atoms with Crippen molar-refractivity contribution in [3.05, 3.63) is 23.9 Å². The zero-order valence-corrected chi connectivity index (χ0v) is 11.6. The molecule has 1 saturated carbocycles. The number of fused-ring (bicyclic) bond motifs is 1. The first-order valence-electron chi connectivity index (χ1n) is 7.11. The standard InChI is InChI=1S/C14H19N5O/c1-10-7-8-19-12(9-10)16-13(18-19)17-14(20)15-11-5-3-2-4-6-11/h7-9,11H,2-6H2,1H3,(H2,15,17,18,20). The Balaban J connectivity index is 1.64. The van der Waals surface area contributed by atoms with Crippen LogP contribution in [0.25, 0.3) is 5.65 Å².